The van der Waals surface area contributed by atoms with Gasteiger partial charge in [0.05, 0.1) is 4.90 Å². The van der Waals surface area contributed by atoms with E-state index >= 15 is 0 Å². The largest absolute Gasteiger partial charge is 0.326 e. The van der Waals surface area contributed by atoms with Crippen LogP contribution in [0.2, 0.25) is 0 Å². The molecule has 0 bridgehead atoms. The van der Waals surface area contributed by atoms with Crippen molar-refractivity contribution in [3.8, 4) is 0 Å². The summed E-state index contributed by atoms with van der Waals surface area (Å²) in [6.07, 6.45) is 0.942. The summed E-state index contributed by atoms with van der Waals surface area (Å²) in [6.45, 7) is 4.30. The lowest BCUT2D eigenvalue weighted by Gasteiger charge is -2.27. The van der Waals surface area contributed by atoms with Crippen molar-refractivity contribution in [2.75, 3.05) is 18.4 Å². The SMILES string of the molecule is CC(=O)Nc1cc(S(=O)(=O)NCC2NCCc3ccccc32)ccc1C. The monoisotopic (exact) mass is 373 g/mol. The second kappa shape index (κ2) is 7.57. The maximum atomic E-state index is 12.7. The number of amides is 1. The van der Waals surface area contributed by atoms with Gasteiger partial charge in [0.15, 0.2) is 0 Å². The molecular weight excluding hydrogens is 350 g/mol. The Balaban J connectivity index is 1.77. The highest BCUT2D eigenvalue weighted by molar-refractivity contribution is 7.89. The van der Waals surface area contributed by atoms with Crippen molar-refractivity contribution >= 4 is 21.6 Å². The Hall–Kier alpha value is -2.22. The van der Waals surface area contributed by atoms with Crippen LogP contribution in [0.3, 0.4) is 0 Å². The van der Waals surface area contributed by atoms with Gasteiger partial charge in [-0.2, -0.15) is 0 Å². The molecular formula is C19H23N3O3S. The molecule has 1 heterocycles. The Morgan fingerprint density at radius 1 is 1.23 bits per heavy atom. The lowest BCUT2D eigenvalue weighted by atomic mass is 9.95. The standard InChI is InChI=1S/C19H23N3O3S/c1-13-7-8-16(11-18(13)22-14(2)23)26(24,25)21-12-19-17-6-4-3-5-15(17)9-10-20-19/h3-8,11,19-21H,9-10,12H2,1-2H3,(H,22,23). The van der Waals surface area contributed by atoms with Gasteiger partial charge >= 0.3 is 0 Å². The first-order valence-corrected chi connectivity index (χ1v) is 10.0. The van der Waals surface area contributed by atoms with E-state index in [2.05, 4.69) is 21.4 Å². The summed E-state index contributed by atoms with van der Waals surface area (Å²) in [5.74, 6) is -0.237. The zero-order valence-corrected chi connectivity index (χ0v) is 15.7. The van der Waals surface area contributed by atoms with E-state index in [1.807, 2.05) is 25.1 Å². The Labute approximate surface area is 154 Å². The summed E-state index contributed by atoms with van der Waals surface area (Å²) in [5, 5.41) is 6.02. The number of anilines is 1. The lowest BCUT2D eigenvalue weighted by Crippen LogP contribution is -2.38. The topological polar surface area (TPSA) is 87.3 Å². The van der Waals surface area contributed by atoms with Crippen LogP contribution >= 0.6 is 0 Å². The minimum absolute atomic E-state index is 0.0602. The van der Waals surface area contributed by atoms with Crippen molar-refractivity contribution in [2.24, 2.45) is 0 Å². The van der Waals surface area contributed by atoms with Gasteiger partial charge in [-0.25, -0.2) is 13.1 Å². The normalized spacial score (nSPS) is 16.8. The molecule has 0 aliphatic carbocycles. The third-order valence-electron chi connectivity index (χ3n) is 4.52. The third-order valence-corrected chi connectivity index (χ3v) is 5.94. The minimum Gasteiger partial charge on any atom is -0.326 e. The molecule has 2 aromatic carbocycles. The van der Waals surface area contributed by atoms with Gasteiger partial charge in [-0.1, -0.05) is 30.3 Å². The predicted octanol–water partition coefficient (Wildman–Crippen LogP) is 2.12. The average molecular weight is 373 g/mol. The summed E-state index contributed by atoms with van der Waals surface area (Å²) < 4.78 is 28.1. The molecule has 0 spiro atoms. The van der Waals surface area contributed by atoms with Gasteiger partial charge < -0.3 is 10.6 Å². The fourth-order valence-electron chi connectivity index (χ4n) is 3.14. The van der Waals surface area contributed by atoms with Crippen molar-refractivity contribution in [3.05, 3.63) is 59.2 Å². The zero-order chi connectivity index (χ0) is 18.7. The Kier molecular flexibility index (Phi) is 5.41. The quantitative estimate of drug-likeness (QED) is 0.749. The van der Waals surface area contributed by atoms with Crippen LogP contribution in [-0.2, 0) is 21.2 Å². The molecule has 3 rings (SSSR count). The number of aryl methyl sites for hydroxylation is 1. The predicted molar refractivity (Wildman–Crippen MR) is 102 cm³/mol. The van der Waals surface area contributed by atoms with Crippen LogP contribution in [0.1, 0.15) is 29.7 Å². The van der Waals surface area contributed by atoms with E-state index in [0.717, 1.165) is 24.1 Å². The second-order valence-electron chi connectivity index (χ2n) is 6.47. The molecule has 0 saturated heterocycles. The molecule has 1 aliphatic rings. The van der Waals surface area contributed by atoms with E-state index in [4.69, 9.17) is 0 Å². The Morgan fingerprint density at radius 3 is 2.77 bits per heavy atom. The highest BCUT2D eigenvalue weighted by atomic mass is 32.2. The number of benzene rings is 2. The number of nitrogens with one attached hydrogen (secondary N) is 3. The summed E-state index contributed by atoms with van der Waals surface area (Å²) in [4.78, 5) is 11.4. The molecule has 2 aromatic rings. The third kappa shape index (κ3) is 4.12. The summed E-state index contributed by atoms with van der Waals surface area (Å²) in [7, 11) is -3.68. The Bertz CT molecular complexity index is 925. The molecule has 6 nitrogen and oxygen atoms in total. The van der Waals surface area contributed by atoms with Gasteiger partial charge in [0.25, 0.3) is 0 Å². The van der Waals surface area contributed by atoms with Crippen LogP contribution < -0.4 is 15.4 Å². The fourth-order valence-corrected chi connectivity index (χ4v) is 4.22. The number of fused-ring (bicyclic) bond motifs is 1. The molecule has 138 valence electrons. The molecule has 1 aliphatic heterocycles. The number of rotatable bonds is 5. The second-order valence-corrected chi connectivity index (χ2v) is 8.23. The molecule has 7 heteroatoms. The van der Waals surface area contributed by atoms with E-state index in [0.29, 0.717) is 5.69 Å². The number of carbonyl (C=O) groups excluding carboxylic acids is 1. The maximum Gasteiger partial charge on any atom is 0.240 e. The number of carbonyl (C=O) groups is 1. The van der Waals surface area contributed by atoms with Gasteiger partial charge in [0, 0.05) is 25.2 Å². The molecule has 26 heavy (non-hydrogen) atoms. The van der Waals surface area contributed by atoms with Crippen LogP contribution in [0.25, 0.3) is 0 Å². The molecule has 0 radical (unpaired) electrons. The molecule has 1 atom stereocenters. The summed E-state index contributed by atoms with van der Waals surface area (Å²) >= 11 is 0. The summed E-state index contributed by atoms with van der Waals surface area (Å²) in [6, 6.07) is 12.7. The van der Waals surface area contributed by atoms with Gasteiger partial charge in [0.1, 0.15) is 0 Å². The first kappa shape index (κ1) is 18.6. The van der Waals surface area contributed by atoms with Crippen molar-refractivity contribution in [1.29, 1.82) is 0 Å². The van der Waals surface area contributed by atoms with Crippen molar-refractivity contribution < 1.29 is 13.2 Å². The average Bonchev–Trinajstić information content (AvgIpc) is 2.61. The van der Waals surface area contributed by atoms with Crippen LogP contribution in [0.15, 0.2) is 47.4 Å². The molecule has 0 aromatic heterocycles. The van der Waals surface area contributed by atoms with Crippen LogP contribution in [-0.4, -0.2) is 27.4 Å². The number of hydrogen-bond acceptors (Lipinski definition) is 4. The molecule has 0 saturated carbocycles. The smallest absolute Gasteiger partial charge is 0.240 e. The van der Waals surface area contributed by atoms with Gasteiger partial charge in [-0.3, -0.25) is 4.79 Å². The van der Waals surface area contributed by atoms with Gasteiger partial charge in [0.2, 0.25) is 15.9 Å². The Morgan fingerprint density at radius 2 is 2.00 bits per heavy atom. The van der Waals surface area contributed by atoms with E-state index in [1.54, 1.807) is 12.1 Å². The minimum atomic E-state index is -3.68. The summed E-state index contributed by atoms with van der Waals surface area (Å²) in [5.41, 5.74) is 3.69. The van der Waals surface area contributed by atoms with E-state index < -0.39 is 10.0 Å². The molecule has 0 fully saturated rings. The maximum absolute atomic E-state index is 12.7. The zero-order valence-electron chi connectivity index (χ0n) is 14.9. The van der Waals surface area contributed by atoms with Crippen molar-refractivity contribution in [3.63, 3.8) is 0 Å². The van der Waals surface area contributed by atoms with Crippen LogP contribution in [0, 0.1) is 6.92 Å². The lowest BCUT2D eigenvalue weighted by molar-refractivity contribution is -0.114. The van der Waals surface area contributed by atoms with Crippen LogP contribution in [0.5, 0.6) is 0 Å². The number of hydrogen-bond donors (Lipinski definition) is 3. The highest BCUT2D eigenvalue weighted by Crippen LogP contribution is 2.23. The molecule has 3 N–H and O–H groups in total. The first-order valence-electron chi connectivity index (χ1n) is 8.56. The van der Waals surface area contributed by atoms with Gasteiger partial charge in [-0.15, -0.1) is 0 Å². The van der Waals surface area contributed by atoms with E-state index in [-0.39, 0.29) is 23.4 Å². The van der Waals surface area contributed by atoms with Crippen molar-refractivity contribution in [1.82, 2.24) is 10.0 Å². The molecule has 1 unspecified atom stereocenters. The first-order chi connectivity index (χ1) is 12.4. The highest BCUT2D eigenvalue weighted by Gasteiger charge is 2.22. The van der Waals surface area contributed by atoms with Crippen LogP contribution in [0.4, 0.5) is 5.69 Å². The molecule has 1 amide bonds. The number of sulfonamides is 1. The van der Waals surface area contributed by atoms with E-state index in [9.17, 15) is 13.2 Å². The van der Waals surface area contributed by atoms with Gasteiger partial charge in [-0.05, 0) is 48.7 Å². The fraction of sp³-hybridized carbons (Fsp3) is 0.316. The van der Waals surface area contributed by atoms with Crippen molar-refractivity contribution in [2.45, 2.75) is 31.2 Å². The van der Waals surface area contributed by atoms with E-state index in [1.165, 1.54) is 18.6 Å².